The van der Waals surface area contributed by atoms with Crippen molar-refractivity contribution in [2.45, 2.75) is 0 Å². The van der Waals surface area contributed by atoms with Crippen LogP contribution in [0.3, 0.4) is 0 Å². The van der Waals surface area contributed by atoms with Crippen LogP contribution in [0, 0.1) is 0 Å². The van der Waals surface area contributed by atoms with E-state index in [1.165, 1.54) is 101 Å². The summed E-state index contributed by atoms with van der Waals surface area (Å²) >= 11 is 3.75. The third kappa shape index (κ3) is 4.59. The second kappa shape index (κ2) is 11.3. The Morgan fingerprint density at radius 1 is 0.275 bits per heavy atom. The molecule has 3 aromatic heterocycles. The third-order valence-electron chi connectivity index (χ3n) is 10.4. The Kier molecular flexibility index (Phi) is 6.36. The number of benzene rings is 8. The highest BCUT2D eigenvalue weighted by atomic mass is 32.1. The summed E-state index contributed by atoms with van der Waals surface area (Å²) in [5, 5.41) is 7.85. The predicted molar refractivity (Wildman–Crippen MR) is 223 cm³/mol. The van der Waals surface area contributed by atoms with E-state index in [0.29, 0.717) is 0 Å². The highest BCUT2D eigenvalue weighted by molar-refractivity contribution is 7.26. The van der Waals surface area contributed by atoms with E-state index >= 15 is 0 Å². The van der Waals surface area contributed by atoms with Crippen molar-refractivity contribution in [1.29, 1.82) is 0 Å². The van der Waals surface area contributed by atoms with Crippen molar-refractivity contribution in [3.63, 3.8) is 0 Å². The van der Waals surface area contributed by atoms with Crippen LogP contribution in [0.2, 0.25) is 0 Å². The van der Waals surface area contributed by atoms with Gasteiger partial charge in [0.2, 0.25) is 0 Å². The lowest BCUT2D eigenvalue weighted by atomic mass is 9.99. The Morgan fingerprint density at radius 2 is 0.725 bits per heavy atom. The maximum absolute atomic E-state index is 2.42. The van der Waals surface area contributed by atoms with Gasteiger partial charge >= 0.3 is 0 Å². The number of hydrogen-bond acceptors (Lipinski definition) is 2. The largest absolute Gasteiger partial charge is 0.309 e. The molecule has 0 unspecified atom stereocenters. The number of aromatic nitrogens is 1. The van der Waals surface area contributed by atoms with Crippen molar-refractivity contribution >= 4 is 84.8 Å². The highest BCUT2D eigenvalue weighted by Gasteiger charge is 2.15. The number of hydrogen-bond donors (Lipinski definition) is 0. The van der Waals surface area contributed by atoms with Gasteiger partial charge in [-0.25, -0.2) is 0 Å². The molecule has 0 fully saturated rings. The van der Waals surface area contributed by atoms with E-state index in [1.54, 1.807) is 0 Å². The molecule has 0 saturated heterocycles. The molecule has 3 heterocycles. The van der Waals surface area contributed by atoms with E-state index in [2.05, 4.69) is 180 Å². The molecular formula is C48H29NS2. The molecule has 1 nitrogen and oxygen atoms in total. The van der Waals surface area contributed by atoms with Crippen molar-refractivity contribution in [3.8, 4) is 39.1 Å². The summed E-state index contributed by atoms with van der Waals surface area (Å²) < 4.78 is 7.74. The maximum atomic E-state index is 2.42. The first-order valence-corrected chi connectivity index (χ1v) is 19.0. The van der Waals surface area contributed by atoms with Crippen LogP contribution in [-0.2, 0) is 0 Å². The summed E-state index contributed by atoms with van der Waals surface area (Å²) in [5.74, 6) is 0. The van der Waals surface area contributed by atoms with Gasteiger partial charge in [0.1, 0.15) is 0 Å². The molecule has 0 aliphatic carbocycles. The fraction of sp³-hybridized carbons (Fsp3) is 0. The molecule has 51 heavy (non-hydrogen) atoms. The number of para-hydroxylation sites is 1. The summed E-state index contributed by atoms with van der Waals surface area (Å²) in [6, 6.07) is 65.0. The minimum Gasteiger partial charge on any atom is -0.309 e. The van der Waals surface area contributed by atoms with Crippen LogP contribution >= 0.6 is 22.7 Å². The Hall–Kier alpha value is -6.00. The molecule has 0 atom stereocenters. The summed E-state index contributed by atoms with van der Waals surface area (Å²) in [4.78, 5) is 0. The molecule has 11 aromatic rings. The van der Waals surface area contributed by atoms with E-state index in [0.717, 1.165) is 0 Å². The molecule has 0 amide bonds. The molecule has 238 valence electrons. The Morgan fingerprint density at radius 3 is 1.39 bits per heavy atom. The molecule has 0 aliphatic rings. The van der Waals surface area contributed by atoms with Gasteiger partial charge in [-0.15, -0.1) is 22.7 Å². The van der Waals surface area contributed by atoms with Crippen LogP contribution in [0.5, 0.6) is 0 Å². The third-order valence-corrected chi connectivity index (χ3v) is 12.7. The molecule has 0 bridgehead atoms. The van der Waals surface area contributed by atoms with Gasteiger partial charge in [-0.3, -0.25) is 0 Å². The molecule has 8 aromatic carbocycles. The van der Waals surface area contributed by atoms with Gasteiger partial charge in [0.15, 0.2) is 0 Å². The smallest absolute Gasteiger partial charge is 0.0547 e. The van der Waals surface area contributed by atoms with Gasteiger partial charge in [0.25, 0.3) is 0 Å². The van der Waals surface area contributed by atoms with Gasteiger partial charge in [0.05, 0.1) is 11.0 Å². The zero-order valence-electron chi connectivity index (χ0n) is 27.5. The molecule has 0 N–H and O–H groups in total. The monoisotopic (exact) mass is 683 g/mol. The Bertz CT molecular complexity index is 3120. The van der Waals surface area contributed by atoms with Gasteiger partial charge < -0.3 is 4.57 Å². The van der Waals surface area contributed by atoms with Crippen LogP contribution in [0.1, 0.15) is 0 Å². The van der Waals surface area contributed by atoms with Crippen molar-refractivity contribution in [2.75, 3.05) is 0 Å². The first-order chi connectivity index (χ1) is 25.2. The van der Waals surface area contributed by atoms with Crippen LogP contribution in [0.15, 0.2) is 176 Å². The fourth-order valence-electron chi connectivity index (χ4n) is 7.90. The van der Waals surface area contributed by atoms with Crippen LogP contribution in [0.4, 0.5) is 0 Å². The van der Waals surface area contributed by atoms with Crippen molar-refractivity contribution < 1.29 is 0 Å². The number of thiophene rings is 2. The second-order valence-electron chi connectivity index (χ2n) is 13.3. The van der Waals surface area contributed by atoms with Gasteiger partial charge in [0, 0.05) is 56.8 Å². The average molecular weight is 684 g/mol. The lowest BCUT2D eigenvalue weighted by Crippen LogP contribution is -1.94. The zero-order valence-corrected chi connectivity index (χ0v) is 29.1. The molecule has 3 heteroatoms. The Balaban J connectivity index is 1.03. The first kappa shape index (κ1) is 28.8. The average Bonchev–Trinajstić information content (AvgIpc) is 3.86. The SMILES string of the molecule is c1ccc(-c2ccc(-n3c4ccccc4c4ccc(-c5ccc6sc7ccc(-c8ccc9sc%10ccccc%10c9c8)cc7c6c5)cc43)cc2)cc1. The molecule has 0 radical (unpaired) electrons. The molecular weight excluding hydrogens is 655 g/mol. The molecule has 0 spiro atoms. The summed E-state index contributed by atoms with van der Waals surface area (Å²) in [7, 11) is 0. The van der Waals surface area contributed by atoms with E-state index in [9.17, 15) is 0 Å². The molecule has 0 aliphatic heterocycles. The minimum absolute atomic E-state index is 1.17. The van der Waals surface area contributed by atoms with E-state index in [-0.39, 0.29) is 0 Å². The van der Waals surface area contributed by atoms with Crippen molar-refractivity contribution in [1.82, 2.24) is 4.57 Å². The number of nitrogens with zero attached hydrogens (tertiary/aromatic N) is 1. The van der Waals surface area contributed by atoms with E-state index in [4.69, 9.17) is 0 Å². The first-order valence-electron chi connectivity index (χ1n) is 17.3. The second-order valence-corrected chi connectivity index (χ2v) is 15.5. The van der Waals surface area contributed by atoms with Crippen molar-refractivity contribution in [2.24, 2.45) is 0 Å². The minimum atomic E-state index is 1.17. The maximum Gasteiger partial charge on any atom is 0.0547 e. The zero-order chi connectivity index (χ0) is 33.5. The van der Waals surface area contributed by atoms with Gasteiger partial charge in [-0.05, 0) is 100 Å². The summed E-state index contributed by atoms with van der Waals surface area (Å²) in [6.45, 7) is 0. The molecule has 0 saturated carbocycles. The van der Waals surface area contributed by atoms with E-state index in [1.807, 2.05) is 22.7 Å². The van der Waals surface area contributed by atoms with Crippen LogP contribution in [0.25, 0.3) is 101 Å². The number of fused-ring (bicyclic) bond motifs is 9. The fourth-order valence-corrected chi connectivity index (χ4v) is 10.1. The normalized spacial score (nSPS) is 11.9. The van der Waals surface area contributed by atoms with Crippen molar-refractivity contribution in [3.05, 3.63) is 176 Å². The highest BCUT2D eigenvalue weighted by Crippen LogP contribution is 2.42. The summed E-state index contributed by atoms with van der Waals surface area (Å²) in [6.07, 6.45) is 0. The lowest BCUT2D eigenvalue weighted by Gasteiger charge is -2.10. The Labute approximate surface area is 302 Å². The standard InChI is InChI=1S/C48H29NS2/c1-2-8-30(9-3-1)31-14-20-36(21-15-31)49-43-12-6-4-10-37(43)38-22-16-35(29-44(38)49)34-19-25-48-42(28-34)41-27-33(18-24-47(41)51-48)32-17-23-46-40(26-32)39-11-5-7-13-45(39)50-46/h1-29H. The van der Waals surface area contributed by atoms with Gasteiger partial charge in [-0.2, -0.15) is 0 Å². The topological polar surface area (TPSA) is 4.93 Å². The molecule has 11 rings (SSSR count). The number of rotatable bonds is 4. The lowest BCUT2D eigenvalue weighted by molar-refractivity contribution is 1.18. The predicted octanol–water partition coefficient (Wildman–Crippen LogP) is 14.5. The van der Waals surface area contributed by atoms with Crippen LogP contribution < -0.4 is 0 Å². The van der Waals surface area contributed by atoms with E-state index < -0.39 is 0 Å². The van der Waals surface area contributed by atoms with Crippen LogP contribution in [-0.4, -0.2) is 4.57 Å². The quantitative estimate of drug-likeness (QED) is 0.174. The van der Waals surface area contributed by atoms with Gasteiger partial charge in [-0.1, -0.05) is 109 Å². The summed E-state index contributed by atoms with van der Waals surface area (Å²) in [5.41, 5.74) is 11.0.